The number of likely N-dealkylation sites (tertiary alicyclic amines) is 2. The summed E-state index contributed by atoms with van der Waals surface area (Å²) >= 11 is 0. The second-order valence-corrected chi connectivity index (χ2v) is 8.55. The number of morpholine rings is 1. The minimum atomic E-state index is -0.298. The molecule has 0 aliphatic carbocycles. The molecule has 3 heterocycles. The van der Waals surface area contributed by atoms with E-state index in [0.29, 0.717) is 45.9 Å². The van der Waals surface area contributed by atoms with E-state index in [1.165, 1.54) is 11.1 Å². The molecule has 1 aromatic carbocycles. The molecule has 1 atom stereocenters. The van der Waals surface area contributed by atoms with E-state index in [9.17, 15) is 9.59 Å². The molecule has 3 saturated heterocycles. The maximum atomic E-state index is 13.4. The molecular weight excluding hydrogens is 354 g/mol. The van der Waals surface area contributed by atoms with Crippen LogP contribution in [0.25, 0.3) is 0 Å². The SMILES string of the molecule is Cc1cccc(CN2CCCC3(CCN(CC(=O)N4CCOCC4)C3)C2=O)c1. The van der Waals surface area contributed by atoms with Crippen molar-refractivity contribution in [3.8, 4) is 0 Å². The topological polar surface area (TPSA) is 53.1 Å². The van der Waals surface area contributed by atoms with E-state index in [1.807, 2.05) is 9.80 Å². The third-order valence-corrected chi connectivity index (χ3v) is 6.44. The number of benzene rings is 1. The molecule has 6 heteroatoms. The van der Waals surface area contributed by atoms with E-state index < -0.39 is 0 Å². The number of hydrogen-bond acceptors (Lipinski definition) is 4. The van der Waals surface area contributed by atoms with Crippen molar-refractivity contribution in [3.63, 3.8) is 0 Å². The van der Waals surface area contributed by atoms with Gasteiger partial charge >= 0.3 is 0 Å². The van der Waals surface area contributed by atoms with Crippen LogP contribution in [0.4, 0.5) is 0 Å². The largest absolute Gasteiger partial charge is 0.378 e. The first kappa shape index (κ1) is 19.4. The summed E-state index contributed by atoms with van der Waals surface area (Å²) in [6.45, 7) is 8.20. The highest BCUT2D eigenvalue weighted by atomic mass is 16.5. The number of nitrogens with zero attached hydrogens (tertiary/aromatic N) is 3. The summed E-state index contributed by atoms with van der Waals surface area (Å²) < 4.78 is 5.33. The lowest BCUT2D eigenvalue weighted by Gasteiger charge is -2.39. The third kappa shape index (κ3) is 4.08. The van der Waals surface area contributed by atoms with Crippen LogP contribution in [0.5, 0.6) is 0 Å². The molecule has 0 bridgehead atoms. The fourth-order valence-corrected chi connectivity index (χ4v) is 4.91. The first-order chi connectivity index (χ1) is 13.6. The Labute approximate surface area is 167 Å². The molecule has 0 saturated carbocycles. The minimum absolute atomic E-state index is 0.167. The summed E-state index contributed by atoms with van der Waals surface area (Å²) in [5, 5.41) is 0. The van der Waals surface area contributed by atoms with Gasteiger partial charge in [0.15, 0.2) is 0 Å². The Hall–Kier alpha value is -1.92. The van der Waals surface area contributed by atoms with Crippen LogP contribution in [0.2, 0.25) is 0 Å². The van der Waals surface area contributed by atoms with Crippen LogP contribution in [0.1, 0.15) is 30.4 Å². The molecule has 2 amide bonds. The second kappa shape index (κ2) is 8.21. The molecule has 4 rings (SSSR count). The highest BCUT2D eigenvalue weighted by molar-refractivity contribution is 5.84. The molecule has 1 spiro atoms. The van der Waals surface area contributed by atoms with E-state index in [1.54, 1.807) is 0 Å². The van der Waals surface area contributed by atoms with Crippen LogP contribution < -0.4 is 0 Å². The molecule has 0 N–H and O–H groups in total. The predicted octanol–water partition coefficient (Wildman–Crippen LogP) is 1.67. The molecule has 0 aromatic heterocycles. The van der Waals surface area contributed by atoms with Gasteiger partial charge < -0.3 is 14.5 Å². The predicted molar refractivity (Wildman–Crippen MR) is 107 cm³/mol. The monoisotopic (exact) mass is 385 g/mol. The van der Waals surface area contributed by atoms with Crippen molar-refractivity contribution in [1.82, 2.24) is 14.7 Å². The van der Waals surface area contributed by atoms with Crippen LogP contribution in [0.15, 0.2) is 24.3 Å². The van der Waals surface area contributed by atoms with Gasteiger partial charge in [-0.1, -0.05) is 29.8 Å². The van der Waals surface area contributed by atoms with Crippen LogP contribution >= 0.6 is 0 Å². The van der Waals surface area contributed by atoms with E-state index in [-0.39, 0.29) is 17.2 Å². The van der Waals surface area contributed by atoms with Crippen molar-refractivity contribution in [2.24, 2.45) is 5.41 Å². The van der Waals surface area contributed by atoms with Crippen molar-refractivity contribution < 1.29 is 14.3 Å². The molecule has 1 unspecified atom stereocenters. The average Bonchev–Trinajstić information content (AvgIpc) is 3.10. The zero-order chi connectivity index (χ0) is 19.6. The number of amides is 2. The van der Waals surface area contributed by atoms with E-state index in [4.69, 9.17) is 4.74 Å². The van der Waals surface area contributed by atoms with Crippen molar-refractivity contribution in [2.75, 3.05) is 52.5 Å². The lowest BCUT2D eigenvalue weighted by atomic mass is 9.78. The Kier molecular flexibility index (Phi) is 5.69. The normalized spacial score (nSPS) is 26.2. The quantitative estimate of drug-likeness (QED) is 0.791. The highest BCUT2D eigenvalue weighted by Gasteiger charge is 2.48. The molecule has 1 aromatic rings. The van der Waals surface area contributed by atoms with Crippen molar-refractivity contribution in [1.29, 1.82) is 0 Å². The molecule has 152 valence electrons. The maximum absolute atomic E-state index is 13.4. The fraction of sp³-hybridized carbons (Fsp3) is 0.636. The van der Waals surface area contributed by atoms with Gasteiger partial charge in [0, 0.05) is 32.7 Å². The summed E-state index contributed by atoms with van der Waals surface area (Å²) in [5.74, 6) is 0.446. The Morgan fingerprint density at radius 1 is 1.14 bits per heavy atom. The summed E-state index contributed by atoms with van der Waals surface area (Å²) in [5.41, 5.74) is 2.13. The first-order valence-corrected chi connectivity index (χ1v) is 10.5. The molecule has 0 radical (unpaired) electrons. The Bertz CT molecular complexity index is 731. The van der Waals surface area contributed by atoms with Gasteiger partial charge in [0.2, 0.25) is 11.8 Å². The molecule has 3 fully saturated rings. The molecule has 6 nitrogen and oxygen atoms in total. The summed E-state index contributed by atoms with van der Waals surface area (Å²) in [6.07, 6.45) is 2.85. The number of rotatable bonds is 4. The minimum Gasteiger partial charge on any atom is -0.378 e. The number of ether oxygens (including phenoxy) is 1. The van der Waals surface area contributed by atoms with Gasteiger partial charge in [0.25, 0.3) is 0 Å². The van der Waals surface area contributed by atoms with Crippen molar-refractivity contribution in [2.45, 2.75) is 32.7 Å². The number of hydrogen-bond donors (Lipinski definition) is 0. The van der Waals surface area contributed by atoms with Gasteiger partial charge in [0.1, 0.15) is 0 Å². The van der Waals surface area contributed by atoms with Gasteiger partial charge in [-0.2, -0.15) is 0 Å². The first-order valence-electron chi connectivity index (χ1n) is 10.5. The van der Waals surface area contributed by atoms with Gasteiger partial charge in [0.05, 0.1) is 25.2 Å². The van der Waals surface area contributed by atoms with Gasteiger partial charge in [-0.05, 0) is 38.3 Å². The van der Waals surface area contributed by atoms with Crippen LogP contribution in [0, 0.1) is 12.3 Å². The Morgan fingerprint density at radius 3 is 2.75 bits per heavy atom. The number of carbonyl (C=O) groups excluding carboxylic acids is 2. The summed E-state index contributed by atoms with van der Waals surface area (Å²) in [4.78, 5) is 32.0. The molecular formula is C22H31N3O3. The standard InChI is InChI=1S/C22H31N3O3/c1-18-4-2-5-19(14-18)15-25-8-3-6-22(21(25)27)7-9-23(17-22)16-20(26)24-10-12-28-13-11-24/h2,4-5,14H,3,6-13,15-17H2,1H3. The smallest absolute Gasteiger partial charge is 0.236 e. The zero-order valence-corrected chi connectivity index (χ0v) is 16.9. The zero-order valence-electron chi connectivity index (χ0n) is 16.9. The summed E-state index contributed by atoms with van der Waals surface area (Å²) in [6, 6.07) is 8.41. The number of carbonyl (C=O) groups is 2. The second-order valence-electron chi connectivity index (χ2n) is 8.55. The van der Waals surface area contributed by atoms with E-state index in [2.05, 4.69) is 36.1 Å². The van der Waals surface area contributed by atoms with E-state index in [0.717, 1.165) is 32.4 Å². The average molecular weight is 386 g/mol. The third-order valence-electron chi connectivity index (χ3n) is 6.44. The lowest BCUT2D eigenvalue weighted by Crippen LogP contribution is -2.50. The highest BCUT2D eigenvalue weighted by Crippen LogP contribution is 2.40. The van der Waals surface area contributed by atoms with Crippen molar-refractivity contribution >= 4 is 11.8 Å². The molecule has 28 heavy (non-hydrogen) atoms. The summed E-state index contributed by atoms with van der Waals surface area (Å²) in [7, 11) is 0. The van der Waals surface area contributed by atoms with E-state index >= 15 is 0 Å². The van der Waals surface area contributed by atoms with Gasteiger partial charge in [-0.25, -0.2) is 0 Å². The molecule has 3 aliphatic rings. The Balaban J connectivity index is 1.37. The lowest BCUT2D eigenvalue weighted by molar-refractivity contribution is -0.147. The van der Waals surface area contributed by atoms with Crippen LogP contribution in [0.3, 0.4) is 0 Å². The fourth-order valence-electron chi connectivity index (χ4n) is 4.91. The van der Waals surface area contributed by atoms with Gasteiger partial charge in [-0.3, -0.25) is 14.5 Å². The van der Waals surface area contributed by atoms with Crippen LogP contribution in [-0.4, -0.2) is 79.0 Å². The number of piperidine rings is 1. The number of aryl methyl sites for hydroxylation is 1. The maximum Gasteiger partial charge on any atom is 0.236 e. The Morgan fingerprint density at radius 2 is 1.96 bits per heavy atom. The van der Waals surface area contributed by atoms with Crippen LogP contribution in [-0.2, 0) is 20.9 Å². The van der Waals surface area contributed by atoms with Gasteiger partial charge in [-0.15, -0.1) is 0 Å². The molecule has 3 aliphatic heterocycles. The van der Waals surface area contributed by atoms with Crippen molar-refractivity contribution in [3.05, 3.63) is 35.4 Å².